The van der Waals surface area contributed by atoms with Crippen molar-refractivity contribution in [1.29, 1.82) is 0 Å². The number of hydrogen-bond acceptors (Lipinski definition) is 5. The van der Waals surface area contributed by atoms with Gasteiger partial charge in [-0.3, -0.25) is 4.79 Å². The van der Waals surface area contributed by atoms with E-state index in [0.29, 0.717) is 23.5 Å². The first-order valence-electron chi connectivity index (χ1n) is 6.05. The summed E-state index contributed by atoms with van der Waals surface area (Å²) in [5.74, 6) is -0.206. The van der Waals surface area contributed by atoms with Crippen molar-refractivity contribution in [2.45, 2.75) is 20.0 Å². The molecule has 20 heavy (non-hydrogen) atoms. The summed E-state index contributed by atoms with van der Waals surface area (Å²) in [6, 6.07) is 8.03. The molecule has 0 saturated carbocycles. The van der Waals surface area contributed by atoms with Crippen LogP contribution in [-0.4, -0.2) is 22.0 Å². The minimum absolute atomic E-state index is 0.0675. The Kier molecular flexibility index (Phi) is 4.14. The molecule has 104 valence electrons. The average molecular weight is 275 g/mol. The summed E-state index contributed by atoms with van der Waals surface area (Å²) < 4.78 is 10.2. The Labute approximate surface area is 115 Å². The molecular weight excluding hydrogens is 262 g/mol. The van der Waals surface area contributed by atoms with Gasteiger partial charge in [0, 0.05) is 18.1 Å². The molecule has 2 rings (SSSR count). The summed E-state index contributed by atoms with van der Waals surface area (Å²) in [5.41, 5.74) is 0.472. The monoisotopic (exact) mass is 275 g/mol. The number of rotatable bonds is 6. The van der Waals surface area contributed by atoms with E-state index >= 15 is 0 Å². The van der Waals surface area contributed by atoms with E-state index < -0.39 is 5.97 Å². The van der Waals surface area contributed by atoms with Gasteiger partial charge in [0.2, 0.25) is 0 Å². The van der Waals surface area contributed by atoms with Gasteiger partial charge < -0.3 is 14.4 Å². The molecule has 0 radical (unpaired) electrons. The largest absolute Gasteiger partial charge is 0.486 e. The Morgan fingerprint density at radius 2 is 2.00 bits per heavy atom. The predicted octanol–water partition coefficient (Wildman–Crippen LogP) is 2.54. The van der Waals surface area contributed by atoms with E-state index in [1.165, 1.54) is 6.07 Å². The summed E-state index contributed by atoms with van der Waals surface area (Å²) >= 11 is 0. The van der Waals surface area contributed by atoms with Crippen LogP contribution in [0.2, 0.25) is 0 Å². The van der Waals surface area contributed by atoms with Crippen molar-refractivity contribution in [1.82, 2.24) is 5.16 Å². The maximum atomic E-state index is 11.5. The van der Waals surface area contributed by atoms with Crippen molar-refractivity contribution in [2.24, 2.45) is 0 Å². The lowest BCUT2D eigenvalue weighted by atomic mass is 10.1. The van der Waals surface area contributed by atoms with Crippen molar-refractivity contribution in [3.05, 3.63) is 47.3 Å². The lowest BCUT2D eigenvalue weighted by Gasteiger charge is -2.04. The van der Waals surface area contributed by atoms with Crippen LogP contribution >= 0.6 is 0 Å². The molecule has 2 aromatic rings. The number of carbonyl (C=O) groups is 2. The van der Waals surface area contributed by atoms with Crippen molar-refractivity contribution >= 4 is 11.8 Å². The second-order valence-corrected chi connectivity index (χ2v) is 4.07. The molecule has 1 N–H and O–H groups in total. The predicted molar refractivity (Wildman–Crippen MR) is 68.9 cm³/mol. The van der Waals surface area contributed by atoms with Gasteiger partial charge in [-0.05, 0) is 24.3 Å². The Morgan fingerprint density at radius 1 is 1.30 bits per heavy atom. The zero-order chi connectivity index (χ0) is 14.5. The lowest BCUT2D eigenvalue weighted by Crippen LogP contribution is -1.98. The minimum Gasteiger partial charge on any atom is -0.486 e. The van der Waals surface area contributed by atoms with Gasteiger partial charge in [0.25, 0.3) is 0 Å². The number of benzene rings is 1. The number of aromatic nitrogens is 1. The van der Waals surface area contributed by atoms with E-state index in [-0.39, 0.29) is 18.1 Å². The Morgan fingerprint density at radius 3 is 2.55 bits per heavy atom. The van der Waals surface area contributed by atoms with E-state index in [9.17, 15) is 9.59 Å². The van der Waals surface area contributed by atoms with Crippen LogP contribution in [-0.2, 0) is 6.61 Å². The molecular formula is C14H13NO5. The third kappa shape index (κ3) is 3.23. The summed E-state index contributed by atoms with van der Waals surface area (Å²) in [5, 5.41) is 12.1. The molecule has 1 heterocycles. The molecule has 0 spiro atoms. The van der Waals surface area contributed by atoms with Crippen molar-refractivity contribution < 1.29 is 24.0 Å². The van der Waals surface area contributed by atoms with Gasteiger partial charge >= 0.3 is 5.97 Å². The maximum absolute atomic E-state index is 11.5. The molecule has 6 nitrogen and oxygen atoms in total. The highest BCUT2D eigenvalue weighted by molar-refractivity contribution is 5.95. The molecule has 0 aliphatic rings. The molecule has 0 bridgehead atoms. The molecule has 0 unspecified atom stereocenters. The quantitative estimate of drug-likeness (QED) is 0.815. The Hall–Kier alpha value is -2.63. The third-order valence-electron chi connectivity index (χ3n) is 2.66. The molecule has 0 atom stereocenters. The smallest absolute Gasteiger partial charge is 0.358 e. The molecule has 0 aliphatic heterocycles. The first-order valence-corrected chi connectivity index (χ1v) is 6.05. The van der Waals surface area contributed by atoms with Crippen LogP contribution in [0.15, 0.2) is 34.9 Å². The number of carboxylic acid groups (broad SMARTS) is 1. The number of nitrogens with zero attached hydrogens (tertiary/aromatic N) is 1. The van der Waals surface area contributed by atoms with Crippen LogP contribution in [0.4, 0.5) is 0 Å². The topological polar surface area (TPSA) is 89.6 Å². The SMILES string of the molecule is CCC(=O)c1ccc(OCc2cc(C(=O)O)no2)cc1. The molecule has 1 aromatic heterocycles. The first kappa shape index (κ1) is 13.8. The number of carboxylic acids is 1. The van der Waals surface area contributed by atoms with Gasteiger partial charge in [-0.2, -0.15) is 0 Å². The van der Waals surface area contributed by atoms with Crippen LogP contribution < -0.4 is 4.74 Å². The van der Waals surface area contributed by atoms with Crippen LogP contribution in [0, 0.1) is 0 Å². The summed E-state index contributed by atoms with van der Waals surface area (Å²) in [6.07, 6.45) is 0.455. The number of ketones is 1. The number of hydrogen-bond donors (Lipinski definition) is 1. The normalized spacial score (nSPS) is 10.2. The van der Waals surface area contributed by atoms with Gasteiger partial charge in [0.1, 0.15) is 12.4 Å². The van der Waals surface area contributed by atoms with Crippen molar-refractivity contribution in [3.8, 4) is 5.75 Å². The third-order valence-corrected chi connectivity index (χ3v) is 2.66. The zero-order valence-corrected chi connectivity index (χ0v) is 10.8. The highest BCUT2D eigenvalue weighted by Crippen LogP contribution is 2.15. The molecule has 6 heteroatoms. The number of aromatic carboxylic acids is 1. The van der Waals surface area contributed by atoms with Gasteiger partial charge in [-0.25, -0.2) is 4.79 Å². The van der Waals surface area contributed by atoms with Gasteiger partial charge in [0.05, 0.1) is 0 Å². The Balaban J connectivity index is 1.96. The van der Waals surface area contributed by atoms with Gasteiger partial charge in [-0.15, -0.1) is 0 Å². The van der Waals surface area contributed by atoms with Crippen molar-refractivity contribution in [2.75, 3.05) is 0 Å². The average Bonchev–Trinajstić information content (AvgIpc) is 2.94. The number of Topliss-reactive ketones (excluding diaryl/α,β-unsaturated/α-hetero) is 1. The fraction of sp³-hybridized carbons (Fsp3) is 0.214. The number of ether oxygens (including phenoxy) is 1. The van der Waals surface area contributed by atoms with Crippen LogP contribution in [0.3, 0.4) is 0 Å². The summed E-state index contributed by atoms with van der Waals surface area (Å²) in [6.45, 7) is 1.87. The van der Waals surface area contributed by atoms with Gasteiger partial charge in [0.15, 0.2) is 17.2 Å². The standard InChI is InChI=1S/C14H13NO5/c1-2-13(16)9-3-5-10(6-4-9)19-8-11-7-12(14(17)18)15-20-11/h3-7H,2,8H2,1H3,(H,17,18). The summed E-state index contributed by atoms with van der Waals surface area (Å²) in [4.78, 5) is 22.1. The van der Waals surface area contributed by atoms with E-state index in [4.69, 9.17) is 14.4 Å². The Bertz CT molecular complexity index is 615. The number of carbonyl (C=O) groups excluding carboxylic acids is 1. The fourth-order valence-corrected chi connectivity index (χ4v) is 1.58. The van der Waals surface area contributed by atoms with Crippen LogP contribution in [0.1, 0.15) is 40.0 Å². The molecule has 0 amide bonds. The maximum Gasteiger partial charge on any atom is 0.358 e. The molecule has 0 saturated heterocycles. The van der Waals surface area contributed by atoms with Crippen LogP contribution in [0.5, 0.6) is 5.75 Å². The van der Waals surface area contributed by atoms with E-state index in [0.717, 1.165) is 0 Å². The fourth-order valence-electron chi connectivity index (χ4n) is 1.58. The lowest BCUT2D eigenvalue weighted by molar-refractivity contribution is 0.0685. The highest BCUT2D eigenvalue weighted by atomic mass is 16.5. The highest BCUT2D eigenvalue weighted by Gasteiger charge is 2.11. The van der Waals surface area contributed by atoms with E-state index in [2.05, 4.69) is 5.16 Å². The summed E-state index contributed by atoms with van der Waals surface area (Å²) in [7, 11) is 0. The minimum atomic E-state index is -1.15. The molecule has 0 aliphatic carbocycles. The second kappa shape index (κ2) is 6.01. The van der Waals surface area contributed by atoms with E-state index in [1.54, 1.807) is 31.2 Å². The zero-order valence-electron chi connectivity index (χ0n) is 10.8. The van der Waals surface area contributed by atoms with E-state index in [1.807, 2.05) is 0 Å². The van der Waals surface area contributed by atoms with Gasteiger partial charge in [-0.1, -0.05) is 12.1 Å². The van der Waals surface area contributed by atoms with Crippen molar-refractivity contribution in [3.63, 3.8) is 0 Å². The molecule has 0 fully saturated rings. The van der Waals surface area contributed by atoms with Crippen LogP contribution in [0.25, 0.3) is 0 Å². The second-order valence-electron chi connectivity index (χ2n) is 4.07. The first-order chi connectivity index (χ1) is 9.60. The molecule has 1 aromatic carbocycles.